The van der Waals surface area contributed by atoms with E-state index in [0.29, 0.717) is 0 Å². The highest BCUT2D eigenvalue weighted by molar-refractivity contribution is 6.11. The van der Waals surface area contributed by atoms with E-state index in [-0.39, 0.29) is 0 Å². The van der Waals surface area contributed by atoms with Gasteiger partial charge in [-0.2, -0.15) is 5.10 Å². The Labute approximate surface area is 293 Å². The first-order valence-corrected chi connectivity index (χ1v) is 17.4. The van der Waals surface area contributed by atoms with Gasteiger partial charge in [0, 0.05) is 49.4 Å². The van der Waals surface area contributed by atoms with Crippen LogP contribution in [0.25, 0.3) is 93.8 Å². The summed E-state index contributed by atoms with van der Waals surface area (Å²) in [5.74, 6) is 0. The van der Waals surface area contributed by atoms with Crippen molar-refractivity contribution in [3.05, 3.63) is 182 Å². The first-order chi connectivity index (χ1) is 25.3. The predicted octanol–water partition coefficient (Wildman–Crippen LogP) is 12.0. The Balaban J connectivity index is 1.31. The molecule has 0 atom stereocenters. The Morgan fingerprint density at radius 3 is 1.31 bits per heavy atom. The lowest BCUT2D eigenvalue weighted by molar-refractivity contribution is 1.01. The maximum absolute atomic E-state index is 5.38. The van der Waals surface area contributed by atoms with Gasteiger partial charge in [-0.05, 0) is 60.2 Å². The summed E-state index contributed by atoms with van der Waals surface area (Å²) in [5.41, 5.74) is 13.3. The summed E-state index contributed by atoms with van der Waals surface area (Å²) in [6.45, 7) is 0. The lowest BCUT2D eigenvalue weighted by Crippen LogP contribution is -2.00. The molecule has 0 spiro atoms. The molecule has 11 rings (SSSR count). The molecule has 11 aromatic rings. The third-order valence-corrected chi connectivity index (χ3v) is 10.4. The molecule has 0 amide bonds. The fourth-order valence-electron chi connectivity index (χ4n) is 8.24. The predicted molar refractivity (Wildman–Crippen MR) is 212 cm³/mol. The van der Waals surface area contributed by atoms with Crippen molar-refractivity contribution in [1.29, 1.82) is 0 Å². The minimum Gasteiger partial charge on any atom is -0.309 e. The fourth-order valence-corrected chi connectivity index (χ4v) is 8.24. The minimum atomic E-state index is 0.958. The third-order valence-electron chi connectivity index (χ3n) is 10.4. The molecule has 0 radical (unpaired) electrons. The Kier molecular flexibility index (Phi) is 5.92. The Bertz CT molecular complexity index is 2900. The quantitative estimate of drug-likeness (QED) is 0.186. The summed E-state index contributed by atoms with van der Waals surface area (Å²) in [4.78, 5) is 0. The molecule has 0 aliphatic rings. The SMILES string of the molecule is c1ccc(-c2nn3c(ccc4ccccc43)c2-c2cc(-n3c4ccccc4c4ccccc43)cc(-n3c4ccccc4c4ccccc43)c2)cc1. The molecule has 0 saturated carbocycles. The van der Waals surface area contributed by atoms with E-state index >= 15 is 0 Å². The molecule has 0 aliphatic heterocycles. The first kappa shape index (κ1) is 28.0. The highest BCUT2D eigenvalue weighted by atomic mass is 15.2. The summed E-state index contributed by atoms with van der Waals surface area (Å²) in [6, 6.07) is 65.5. The Morgan fingerprint density at radius 2 is 0.784 bits per heavy atom. The van der Waals surface area contributed by atoms with Crippen LogP contribution >= 0.6 is 0 Å². The maximum Gasteiger partial charge on any atom is 0.101 e. The van der Waals surface area contributed by atoms with Crippen LogP contribution in [0.3, 0.4) is 0 Å². The smallest absolute Gasteiger partial charge is 0.101 e. The molecular weight excluding hydrogens is 621 g/mol. The number of pyridine rings is 1. The van der Waals surface area contributed by atoms with Gasteiger partial charge in [0.25, 0.3) is 0 Å². The molecule has 0 saturated heterocycles. The highest BCUT2D eigenvalue weighted by Crippen LogP contribution is 2.41. The molecule has 7 aromatic carbocycles. The van der Waals surface area contributed by atoms with E-state index in [4.69, 9.17) is 5.10 Å². The van der Waals surface area contributed by atoms with Crippen molar-refractivity contribution in [2.24, 2.45) is 0 Å². The highest BCUT2D eigenvalue weighted by Gasteiger charge is 2.22. The van der Waals surface area contributed by atoms with Crippen molar-refractivity contribution in [2.75, 3.05) is 0 Å². The van der Waals surface area contributed by atoms with Gasteiger partial charge in [0.1, 0.15) is 5.69 Å². The molecule has 0 aliphatic carbocycles. The van der Waals surface area contributed by atoms with Gasteiger partial charge in [0.2, 0.25) is 0 Å². The van der Waals surface area contributed by atoms with Gasteiger partial charge >= 0.3 is 0 Å². The molecule has 238 valence electrons. The van der Waals surface area contributed by atoms with Crippen LogP contribution in [0.15, 0.2) is 182 Å². The lowest BCUT2D eigenvalue weighted by atomic mass is 9.98. The second-order valence-electron chi connectivity index (χ2n) is 13.3. The number of benzene rings is 7. The van der Waals surface area contributed by atoms with Crippen molar-refractivity contribution in [3.63, 3.8) is 0 Å². The van der Waals surface area contributed by atoms with Crippen LogP contribution in [0.4, 0.5) is 0 Å². The second kappa shape index (κ2) is 10.8. The van der Waals surface area contributed by atoms with Crippen molar-refractivity contribution in [1.82, 2.24) is 18.7 Å². The van der Waals surface area contributed by atoms with Crippen LogP contribution in [0.2, 0.25) is 0 Å². The normalized spacial score (nSPS) is 11.9. The van der Waals surface area contributed by atoms with E-state index in [2.05, 4.69) is 196 Å². The van der Waals surface area contributed by atoms with Gasteiger partial charge < -0.3 is 9.13 Å². The number of rotatable bonds is 4. The molecule has 51 heavy (non-hydrogen) atoms. The van der Waals surface area contributed by atoms with E-state index in [1.165, 1.54) is 43.6 Å². The second-order valence-corrected chi connectivity index (χ2v) is 13.3. The van der Waals surface area contributed by atoms with Gasteiger partial charge in [-0.1, -0.05) is 127 Å². The van der Waals surface area contributed by atoms with E-state index < -0.39 is 0 Å². The largest absolute Gasteiger partial charge is 0.309 e. The average Bonchev–Trinajstić information content (AvgIpc) is 3.87. The molecule has 4 nitrogen and oxygen atoms in total. The van der Waals surface area contributed by atoms with Crippen LogP contribution in [0.5, 0.6) is 0 Å². The molecule has 4 heteroatoms. The molecule has 0 N–H and O–H groups in total. The molecule has 0 unspecified atom stereocenters. The van der Waals surface area contributed by atoms with Crippen LogP contribution in [0, 0.1) is 0 Å². The van der Waals surface area contributed by atoms with Crippen LogP contribution in [-0.2, 0) is 0 Å². The molecule has 0 bridgehead atoms. The number of nitrogens with zero attached hydrogens (tertiary/aromatic N) is 4. The van der Waals surface area contributed by atoms with Crippen molar-refractivity contribution < 1.29 is 0 Å². The topological polar surface area (TPSA) is 27.2 Å². The van der Waals surface area contributed by atoms with Crippen molar-refractivity contribution >= 4 is 60.0 Å². The number of aromatic nitrogens is 4. The summed E-state index contributed by atoms with van der Waals surface area (Å²) < 4.78 is 6.98. The van der Waals surface area contributed by atoms with Gasteiger partial charge in [0.15, 0.2) is 0 Å². The minimum absolute atomic E-state index is 0.958. The summed E-state index contributed by atoms with van der Waals surface area (Å²) in [5, 5.41) is 11.5. The zero-order chi connectivity index (χ0) is 33.5. The van der Waals surface area contributed by atoms with E-state index in [0.717, 1.165) is 50.2 Å². The monoisotopic (exact) mass is 650 g/mol. The van der Waals surface area contributed by atoms with E-state index in [1.54, 1.807) is 0 Å². The number of hydrogen-bond acceptors (Lipinski definition) is 1. The molecular formula is C47H30N4. The van der Waals surface area contributed by atoms with Crippen molar-refractivity contribution in [2.45, 2.75) is 0 Å². The fraction of sp³-hybridized carbons (Fsp3) is 0. The summed E-state index contributed by atoms with van der Waals surface area (Å²) >= 11 is 0. The lowest BCUT2D eigenvalue weighted by Gasteiger charge is -2.16. The number of para-hydroxylation sites is 5. The van der Waals surface area contributed by atoms with Gasteiger partial charge in [-0.15, -0.1) is 0 Å². The van der Waals surface area contributed by atoms with Crippen LogP contribution in [-0.4, -0.2) is 18.7 Å². The van der Waals surface area contributed by atoms with Crippen LogP contribution in [0.1, 0.15) is 0 Å². The zero-order valence-corrected chi connectivity index (χ0v) is 27.6. The van der Waals surface area contributed by atoms with E-state index in [9.17, 15) is 0 Å². The summed E-state index contributed by atoms with van der Waals surface area (Å²) in [6.07, 6.45) is 0. The third kappa shape index (κ3) is 4.11. The molecule has 0 fully saturated rings. The van der Waals surface area contributed by atoms with Crippen molar-refractivity contribution in [3.8, 4) is 33.8 Å². The zero-order valence-electron chi connectivity index (χ0n) is 27.6. The van der Waals surface area contributed by atoms with Gasteiger partial charge in [-0.25, -0.2) is 4.52 Å². The Morgan fingerprint density at radius 1 is 0.333 bits per heavy atom. The van der Waals surface area contributed by atoms with Crippen LogP contribution < -0.4 is 0 Å². The Hall–Kier alpha value is -6.91. The standard InChI is InChI=1S/C47H30N4/c1-2-15-32(16-3-1)47-46(45-27-26-31-14-4-9-21-40(31)51(45)48-47)33-28-34(49-41-22-10-5-17-36(41)37-18-6-11-23-42(37)49)30-35(29-33)50-43-24-12-7-19-38(43)39-20-8-13-25-44(39)50/h1-30H. The van der Waals surface area contributed by atoms with Gasteiger partial charge in [0.05, 0.1) is 33.1 Å². The number of fused-ring (bicyclic) bond motifs is 9. The first-order valence-electron chi connectivity index (χ1n) is 17.4. The van der Waals surface area contributed by atoms with Gasteiger partial charge in [-0.3, -0.25) is 0 Å². The summed E-state index contributed by atoms with van der Waals surface area (Å²) in [7, 11) is 0. The molecule has 4 aromatic heterocycles. The molecule has 4 heterocycles. The average molecular weight is 651 g/mol. The number of hydrogen-bond donors (Lipinski definition) is 0. The maximum atomic E-state index is 5.38. The van der Waals surface area contributed by atoms with E-state index in [1.807, 2.05) is 0 Å².